The number of likely N-dealkylation sites (tertiary alicyclic amines) is 1. The Labute approximate surface area is 189 Å². The molecule has 1 aliphatic rings. The second-order valence-corrected chi connectivity index (χ2v) is 8.79. The van der Waals surface area contributed by atoms with Gasteiger partial charge in [-0.1, -0.05) is 45.7 Å². The molecule has 3 amide bonds. The number of hydrogen-bond acceptors (Lipinski definition) is 3. The molecule has 1 unspecified atom stereocenters. The summed E-state index contributed by atoms with van der Waals surface area (Å²) in [5.41, 5.74) is 2.47. The van der Waals surface area contributed by atoms with Gasteiger partial charge in [0.2, 0.25) is 17.7 Å². The average Bonchev–Trinajstić information content (AvgIpc) is 3.05. The third-order valence-electron chi connectivity index (χ3n) is 5.10. The van der Waals surface area contributed by atoms with E-state index in [1.165, 1.54) is 4.90 Å². The van der Waals surface area contributed by atoms with Gasteiger partial charge in [-0.15, -0.1) is 0 Å². The molecule has 0 saturated carbocycles. The SMILES string of the molecule is Cc1cc(Br)ccc1NC(=O)CN(C)C(=O)C1CC(=O)N(Cc2ccccc2Cl)C1. The van der Waals surface area contributed by atoms with E-state index in [0.29, 0.717) is 23.8 Å². The Kier molecular flexibility index (Phi) is 7.15. The van der Waals surface area contributed by atoms with Gasteiger partial charge in [0.1, 0.15) is 0 Å². The van der Waals surface area contributed by atoms with Crippen molar-refractivity contribution < 1.29 is 14.4 Å². The van der Waals surface area contributed by atoms with Crippen molar-refractivity contribution in [2.75, 3.05) is 25.5 Å². The highest BCUT2D eigenvalue weighted by Crippen LogP contribution is 2.25. The quantitative estimate of drug-likeness (QED) is 0.666. The summed E-state index contributed by atoms with van der Waals surface area (Å²) in [7, 11) is 1.58. The minimum Gasteiger partial charge on any atom is -0.337 e. The van der Waals surface area contributed by atoms with Crippen molar-refractivity contribution >= 4 is 50.9 Å². The molecule has 1 heterocycles. The first-order valence-corrected chi connectivity index (χ1v) is 10.7. The fourth-order valence-corrected chi connectivity index (χ4v) is 4.16. The summed E-state index contributed by atoms with van der Waals surface area (Å²) in [6.45, 7) is 2.51. The molecule has 0 aliphatic carbocycles. The number of nitrogens with one attached hydrogen (secondary N) is 1. The van der Waals surface area contributed by atoms with Crippen molar-refractivity contribution in [3.63, 3.8) is 0 Å². The Hall–Kier alpha value is -2.38. The molecule has 1 fully saturated rings. The van der Waals surface area contributed by atoms with Gasteiger partial charge < -0.3 is 15.1 Å². The van der Waals surface area contributed by atoms with Gasteiger partial charge in [-0.3, -0.25) is 14.4 Å². The lowest BCUT2D eigenvalue weighted by Gasteiger charge is -2.21. The van der Waals surface area contributed by atoms with E-state index < -0.39 is 5.92 Å². The minimum atomic E-state index is -0.466. The molecule has 1 saturated heterocycles. The largest absolute Gasteiger partial charge is 0.337 e. The summed E-state index contributed by atoms with van der Waals surface area (Å²) in [5, 5.41) is 3.42. The molecule has 0 spiro atoms. The van der Waals surface area contributed by atoms with Gasteiger partial charge in [-0.25, -0.2) is 0 Å². The van der Waals surface area contributed by atoms with E-state index in [1.807, 2.05) is 37.3 Å². The van der Waals surface area contributed by atoms with Gasteiger partial charge in [-0.2, -0.15) is 0 Å². The van der Waals surface area contributed by atoms with Crippen LogP contribution in [0.15, 0.2) is 46.9 Å². The van der Waals surface area contributed by atoms with Crippen LogP contribution in [0.3, 0.4) is 0 Å². The first-order chi connectivity index (χ1) is 14.2. The van der Waals surface area contributed by atoms with E-state index in [2.05, 4.69) is 21.2 Å². The molecule has 0 bridgehead atoms. The Morgan fingerprint density at radius 1 is 1.27 bits per heavy atom. The summed E-state index contributed by atoms with van der Waals surface area (Å²) in [5.74, 6) is -1.05. The highest BCUT2D eigenvalue weighted by Gasteiger charge is 2.36. The molecule has 6 nitrogen and oxygen atoms in total. The lowest BCUT2D eigenvalue weighted by Crippen LogP contribution is -2.39. The van der Waals surface area contributed by atoms with Crippen LogP contribution in [-0.4, -0.2) is 47.7 Å². The molecular weight excluding hydrogens is 470 g/mol. The number of amides is 3. The highest BCUT2D eigenvalue weighted by molar-refractivity contribution is 9.10. The number of nitrogens with zero attached hydrogens (tertiary/aromatic N) is 2. The molecule has 1 N–H and O–H groups in total. The third-order valence-corrected chi connectivity index (χ3v) is 5.96. The zero-order valence-electron chi connectivity index (χ0n) is 16.8. The molecule has 158 valence electrons. The number of anilines is 1. The van der Waals surface area contributed by atoms with E-state index in [0.717, 1.165) is 15.6 Å². The maximum absolute atomic E-state index is 12.8. The molecule has 0 radical (unpaired) electrons. The summed E-state index contributed by atoms with van der Waals surface area (Å²) in [4.78, 5) is 40.6. The van der Waals surface area contributed by atoms with E-state index in [4.69, 9.17) is 11.6 Å². The van der Waals surface area contributed by atoms with Crippen molar-refractivity contribution in [2.45, 2.75) is 19.9 Å². The van der Waals surface area contributed by atoms with Crippen LogP contribution >= 0.6 is 27.5 Å². The van der Waals surface area contributed by atoms with Crippen LogP contribution in [0.25, 0.3) is 0 Å². The number of carbonyl (C=O) groups excluding carboxylic acids is 3. The lowest BCUT2D eigenvalue weighted by molar-refractivity contribution is -0.137. The van der Waals surface area contributed by atoms with Crippen LogP contribution in [0.5, 0.6) is 0 Å². The van der Waals surface area contributed by atoms with Gasteiger partial charge >= 0.3 is 0 Å². The minimum absolute atomic E-state index is 0.0798. The third kappa shape index (κ3) is 5.40. The normalized spacial score (nSPS) is 15.9. The van der Waals surface area contributed by atoms with Crippen molar-refractivity contribution in [3.8, 4) is 0 Å². The van der Waals surface area contributed by atoms with Gasteiger partial charge in [0.15, 0.2) is 0 Å². The van der Waals surface area contributed by atoms with E-state index >= 15 is 0 Å². The molecule has 3 rings (SSSR count). The molecule has 1 atom stereocenters. The number of likely N-dealkylation sites (N-methyl/N-ethyl adjacent to an activating group) is 1. The predicted octanol–water partition coefficient (Wildman–Crippen LogP) is 3.86. The smallest absolute Gasteiger partial charge is 0.243 e. The van der Waals surface area contributed by atoms with Crippen molar-refractivity contribution in [1.82, 2.24) is 9.80 Å². The second-order valence-electron chi connectivity index (χ2n) is 7.47. The Morgan fingerprint density at radius 3 is 2.70 bits per heavy atom. The van der Waals surface area contributed by atoms with Gasteiger partial charge in [0.25, 0.3) is 0 Å². The number of hydrogen-bond donors (Lipinski definition) is 1. The molecule has 8 heteroatoms. The Balaban J connectivity index is 1.56. The number of rotatable bonds is 6. The number of aryl methyl sites for hydroxylation is 1. The second kappa shape index (κ2) is 9.62. The summed E-state index contributed by atoms with van der Waals surface area (Å²) >= 11 is 9.57. The molecule has 2 aromatic carbocycles. The maximum Gasteiger partial charge on any atom is 0.243 e. The monoisotopic (exact) mass is 491 g/mol. The topological polar surface area (TPSA) is 69.7 Å². The van der Waals surface area contributed by atoms with E-state index in [9.17, 15) is 14.4 Å². The maximum atomic E-state index is 12.8. The summed E-state index contributed by atoms with van der Waals surface area (Å²) in [6, 6.07) is 12.9. The Morgan fingerprint density at radius 2 is 2.00 bits per heavy atom. The number of halogens is 2. The van der Waals surface area contributed by atoms with Gasteiger partial charge in [-0.05, 0) is 42.3 Å². The van der Waals surface area contributed by atoms with E-state index in [-0.39, 0.29) is 30.7 Å². The standard InChI is InChI=1S/C22H23BrClN3O3/c1-14-9-17(23)7-8-19(14)25-20(28)13-26(2)22(30)16-10-21(29)27(12-16)11-15-5-3-4-6-18(15)24/h3-9,16H,10-13H2,1-2H3,(H,25,28). The van der Waals surface area contributed by atoms with Gasteiger partial charge in [0, 0.05) is 41.7 Å². The first kappa shape index (κ1) is 22.3. The fourth-order valence-electron chi connectivity index (χ4n) is 3.48. The van der Waals surface area contributed by atoms with Crippen LogP contribution < -0.4 is 5.32 Å². The van der Waals surface area contributed by atoms with Crippen LogP contribution in [0.4, 0.5) is 5.69 Å². The zero-order chi connectivity index (χ0) is 21.8. The first-order valence-electron chi connectivity index (χ1n) is 9.56. The van der Waals surface area contributed by atoms with Crippen LogP contribution in [0, 0.1) is 12.8 Å². The van der Waals surface area contributed by atoms with Crippen LogP contribution in [-0.2, 0) is 20.9 Å². The Bertz CT molecular complexity index is 982. The molecule has 30 heavy (non-hydrogen) atoms. The number of benzene rings is 2. The average molecular weight is 493 g/mol. The van der Waals surface area contributed by atoms with Crippen LogP contribution in [0.1, 0.15) is 17.5 Å². The summed E-state index contributed by atoms with van der Waals surface area (Å²) < 4.78 is 0.928. The predicted molar refractivity (Wildman–Crippen MR) is 120 cm³/mol. The lowest BCUT2D eigenvalue weighted by atomic mass is 10.1. The molecule has 1 aliphatic heterocycles. The zero-order valence-corrected chi connectivity index (χ0v) is 19.2. The van der Waals surface area contributed by atoms with Gasteiger partial charge in [0.05, 0.1) is 12.5 Å². The number of carbonyl (C=O) groups is 3. The molecule has 2 aromatic rings. The van der Waals surface area contributed by atoms with E-state index in [1.54, 1.807) is 24.1 Å². The molecular formula is C22H23BrClN3O3. The van der Waals surface area contributed by atoms with Crippen molar-refractivity contribution in [1.29, 1.82) is 0 Å². The fraction of sp³-hybridized carbons (Fsp3) is 0.318. The van der Waals surface area contributed by atoms with Crippen molar-refractivity contribution in [3.05, 3.63) is 63.1 Å². The summed E-state index contributed by atoms with van der Waals surface area (Å²) in [6.07, 6.45) is 0.140. The highest BCUT2D eigenvalue weighted by atomic mass is 79.9. The van der Waals surface area contributed by atoms with Crippen molar-refractivity contribution in [2.24, 2.45) is 5.92 Å². The van der Waals surface area contributed by atoms with Crippen LogP contribution in [0.2, 0.25) is 5.02 Å². The molecule has 0 aromatic heterocycles.